The first kappa shape index (κ1) is 21.3. The van der Waals surface area contributed by atoms with Crippen LogP contribution in [-0.4, -0.2) is 63.2 Å². The van der Waals surface area contributed by atoms with Gasteiger partial charge in [-0.3, -0.25) is 14.5 Å². The molecule has 0 bridgehead atoms. The fourth-order valence-corrected chi connectivity index (χ4v) is 4.13. The van der Waals surface area contributed by atoms with Crippen molar-refractivity contribution < 1.29 is 18.7 Å². The van der Waals surface area contributed by atoms with Gasteiger partial charge in [-0.15, -0.1) is 0 Å². The SMILES string of the molecule is CN1CCc2cc(C(CNC(=O)C(=O)Nc3ccc(F)cc3)N3CCOCC3)ccc21. The Labute approximate surface area is 181 Å². The monoisotopic (exact) mass is 426 g/mol. The van der Waals surface area contributed by atoms with E-state index in [2.05, 4.69) is 45.7 Å². The quantitative estimate of drug-likeness (QED) is 0.715. The molecule has 2 aliphatic heterocycles. The van der Waals surface area contributed by atoms with Crippen molar-refractivity contribution in [1.82, 2.24) is 10.2 Å². The summed E-state index contributed by atoms with van der Waals surface area (Å²) in [4.78, 5) is 29.2. The van der Waals surface area contributed by atoms with Gasteiger partial charge in [-0.05, 0) is 47.9 Å². The van der Waals surface area contributed by atoms with Crippen LogP contribution in [0.3, 0.4) is 0 Å². The van der Waals surface area contributed by atoms with Crippen molar-refractivity contribution in [3.63, 3.8) is 0 Å². The predicted molar refractivity (Wildman–Crippen MR) is 117 cm³/mol. The lowest BCUT2D eigenvalue weighted by Crippen LogP contribution is -2.45. The van der Waals surface area contributed by atoms with Crippen LogP contribution in [0.4, 0.5) is 15.8 Å². The Balaban J connectivity index is 1.44. The topological polar surface area (TPSA) is 73.9 Å². The molecule has 2 aromatic rings. The lowest BCUT2D eigenvalue weighted by Gasteiger charge is -2.35. The fraction of sp³-hybridized carbons (Fsp3) is 0.391. The molecule has 8 heteroatoms. The van der Waals surface area contributed by atoms with E-state index in [4.69, 9.17) is 4.74 Å². The highest BCUT2D eigenvalue weighted by Gasteiger charge is 2.26. The van der Waals surface area contributed by atoms with E-state index in [1.165, 1.54) is 35.5 Å². The number of hydrogen-bond donors (Lipinski definition) is 2. The smallest absolute Gasteiger partial charge is 0.313 e. The van der Waals surface area contributed by atoms with Crippen LogP contribution in [0, 0.1) is 5.82 Å². The zero-order valence-electron chi connectivity index (χ0n) is 17.6. The lowest BCUT2D eigenvalue weighted by molar-refractivity contribution is -0.136. The predicted octanol–water partition coefficient (Wildman–Crippen LogP) is 1.95. The number of rotatable bonds is 5. The highest BCUT2D eigenvalue weighted by molar-refractivity contribution is 6.39. The average Bonchev–Trinajstić information content (AvgIpc) is 3.16. The van der Waals surface area contributed by atoms with E-state index in [1.54, 1.807) is 0 Å². The van der Waals surface area contributed by atoms with Crippen molar-refractivity contribution in [3.05, 3.63) is 59.4 Å². The summed E-state index contributed by atoms with van der Waals surface area (Å²) in [5, 5.41) is 5.26. The summed E-state index contributed by atoms with van der Waals surface area (Å²) in [6.45, 7) is 4.12. The second-order valence-corrected chi connectivity index (χ2v) is 7.89. The van der Waals surface area contributed by atoms with Crippen molar-refractivity contribution >= 4 is 23.2 Å². The Morgan fingerprint density at radius 3 is 2.55 bits per heavy atom. The van der Waals surface area contributed by atoms with Gasteiger partial charge >= 0.3 is 11.8 Å². The summed E-state index contributed by atoms with van der Waals surface area (Å²) in [5.74, 6) is -1.90. The molecule has 0 radical (unpaired) electrons. The minimum atomic E-state index is -0.775. The van der Waals surface area contributed by atoms with E-state index in [9.17, 15) is 14.0 Å². The highest BCUT2D eigenvalue weighted by Crippen LogP contribution is 2.31. The van der Waals surface area contributed by atoms with E-state index in [0.29, 0.717) is 25.4 Å². The number of anilines is 2. The van der Waals surface area contributed by atoms with E-state index >= 15 is 0 Å². The van der Waals surface area contributed by atoms with E-state index in [1.807, 2.05) is 0 Å². The maximum Gasteiger partial charge on any atom is 0.313 e. The Morgan fingerprint density at radius 2 is 1.81 bits per heavy atom. The maximum absolute atomic E-state index is 13.0. The standard InChI is InChI=1S/C23H27FN4O3/c1-27-9-8-17-14-16(2-7-20(17)27)21(28-10-12-31-13-11-28)15-25-22(29)23(30)26-19-5-3-18(24)4-6-19/h2-7,14,21H,8-13,15H2,1H3,(H,25,29)(H,26,30). The van der Waals surface area contributed by atoms with Crippen LogP contribution >= 0.6 is 0 Å². The number of carbonyl (C=O) groups excluding carboxylic acids is 2. The molecular weight excluding hydrogens is 399 g/mol. The summed E-state index contributed by atoms with van der Waals surface area (Å²) < 4.78 is 18.5. The first-order chi connectivity index (χ1) is 15.0. The van der Waals surface area contributed by atoms with Crippen molar-refractivity contribution in [1.29, 1.82) is 0 Å². The molecule has 2 N–H and O–H groups in total. The van der Waals surface area contributed by atoms with Crippen molar-refractivity contribution in [2.75, 3.05) is 56.7 Å². The van der Waals surface area contributed by atoms with Crippen LogP contribution in [0.25, 0.3) is 0 Å². The number of nitrogens with zero attached hydrogens (tertiary/aromatic N) is 2. The molecule has 0 saturated carbocycles. The fourth-order valence-electron chi connectivity index (χ4n) is 4.13. The van der Waals surface area contributed by atoms with E-state index in [0.717, 1.165) is 31.6 Å². The van der Waals surface area contributed by atoms with Gasteiger partial charge in [0.05, 0.1) is 19.3 Å². The second kappa shape index (κ2) is 9.45. The number of hydrogen-bond acceptors (Lipinski definition) is 5. The molecule has 2 amide bonds. The molecular formula is C23H27FN4O3. The summed E-state index contributed by atoms with van der Waals surface area (Å²) in [5.41, 5.74) is 4.04. The molecule has 0 spiro atoms. The van der Waals surface area contributed by atoms with Gasteiger partial charge in [0.1, 0.15) is 5.82 Å². The molecule has 4 rings (SSSR count). The number of fused-ring (bicyclic) bond motifs is 1. The maximum atomic E-state index is 13.0. The molecule has 1 fully saturated rings. The van der Waals surface area contributed by atoms with Gasteiger partial charge in [-0.1, -0.05) is 12.1 Å². The minimum absolute atomic E-state index is 0.0531. The van der Waals surface area contributed by atoms with E-state index < -0.39 is 17.6 Å². The highest BCUT2D eigenvalue weighted by atomic mass is 19.1. The summed E-state index contributed by atoms with van der Waals surface area (Å²) in [6.07, 6.45) is 1.00. The number of carbonyl (C=O) groups is 2. The Morgan fingerprint density at radius 1 is 1.06 bits per heavy atom. The molecule has 31 heavy (non-hydrogen) atoms. The van der Waals surface area contributed by atoms with Gasteiger partial charge in [-0.2, -0.15) is 0 Å². The molecule has 1 atom stereocenters. The molecule has 0 aliphatic carbocycles. The summed E-state index contributed by atoms with van der Waals surface area (Å²) in [7, 11) is 2.09. The third-order valence-corrected chi connectivity index (χ3v) is 5.87. The molecule has 0 aromatic heterocycles. The number of benzene rings is 2. The molecule has 2 heterocycles. The van der Waals surface area contributed by atoms with Crippen molar-refractivity contribution in [2.24, 2.45) is 0 Å². The number of morpholine rings is 1. The van der Waals surface area contributed by atoms with Gasteiger partial charge in [0.2, 0.25) is 0 Å². The number of ether oxygens (including phenoxy) is 1. The molecule has 2 aromatic carbocycles. The average molecular weight is 426 g/mol. The first-order valence-corrected chi connectivity index (χ1v) is 10.5. The second-order valence-electron chi connectivity index (χ2n) is 7.89. The van der Waals surface area contributed by atoms with Crippen molar-refractivity contribution in [2.45, 2.75) is 12.5 Å². The van der Waals surface area contributed by atoms with Gasteiger partial charge in [0, 0.05) is 44.6 Å². The number of amides is 2. The van der Waals surface area contributed by atoms with Crippen molar-refractivity contribution in [3.8, 4) is 0 Å². The molecule has 1 unspecified atom stereocenters. The zero-order chi connectivity index (χ0) is 21.8. The zero-order valence-corrected chi connectivity index (χ0v) is 17.6. The van der Waals surface area contributed by atoms with Crippen LogP contribution < -0.4 is 15.5 Å². The molecule has 7 nitrogen and oxygen atoms in total. The normalized spacial score (nSPS) is 17.2. The Kier molecular flexibility index (Phi) is 6.48. The van der Waals surface area contributed by atoms with Gasteiger partial charge in [0.15, 0.2) is 0 Å². The number of nitrogens with one attached hydrogen (secondary N) is 2. The van der Waals surface area contributed by atoms with E-state index in [-0.39, 0.29) is 6.04 Å². The van der Waals surface area contributed by atoms with Crippen LogP contribution in [0.15, 0.2) is 42.5 Å². The minimum Gasteiger partial charge on any atom is -0.379 e. The van der Waals surface area contributed by atoms with Gasteiger partial charge < -0.3 is 20.3 Å². The Hall–Kier alpha value is -2.97. The van der Waals surface area contributed by atoms with Crippen LogP contribution in [-0.2, 0) is 20.7 Å². The molecule has 164 valence electrons. The third-order valence-electron chi connectivity index (χ3n) is 5.87. The van der Waals surface area contributed by atoms with Gasteiger partial charge in [-0.25, -0.2) is 4.39 Å². The molecule has 1 saturated heterocycles. The number of halogens is 1. The molecule has 2 aliphatic rings. The first-order valence-electron chi connectivity index (χ1n) is 10.5. The van der Waals surface area contributed by atoms with Gasteiger partial charge in [0.25, 0.3) is 0 Å². The van der Waals surface area contributed by atoms with Crippen LogP contribution in [0.2, 0.25) is 0 Å². The van der Waals surface area contributed by atoms with Crippen LogP contribution in [0.5, 0.6) is 0 Å². The third kappa shape index (κ3) is 5.03. The largest absolute Gasteiger partial charge is 0.379 e. The number of likely N-dealkylation sites (N-methyl/N-ethyl adjacent to an activating group) is 1. The Bertz CT molecular complexity index is 944. The lowest BCUT2D eigenvalue weighted by atomic mass is 10.0. The summed E-state index contributed by atoms with van der Waals surface area (Å²) >= 11 is 0. The summed E-state index contributed by atoms with van der Waals surface area (Å²) in [6, 6.07) is 11.7. The van der Waals surface area contributed by atoms with Crippen LogP contribution in [0.1, 0.15) is 17.2 Å².